The molecule has 0 aliphatic carbocycles. The Kier molecular flexibility index (Phi) is 3.81. The van der Waals surface area contributed by atoms with Gasteiger partial charge in [0.05, 0.1) is 16.3 Å². The first-order chi connectivity index (χ1) is 10.6. The fraction of sp³-hybridized carbons (Fsp3) is 0.267. The monoisotopic (exact) mass is 315 g/mol. The SMILES string of the molecule is CCn1nc(C)cc1C(=O)Nc1cc(-c2ccc(C)s2)[nH]n1. The van der Waals surface area contributed by atoms with Gasteiger partial charge in [-0.05, 0) is 39.0 Å². The molecule has 3 heterocycles. The van der Waals surface area contributed by atoms with Gasteiger partial charge in [0.2, 0.25) is 0 Å². The number of hydrogen-bond donors (Lipinski definition) is 2. The first-order valence-electron chi connectivity index (χ1n) is 7.05. The number of carbonyl (C=O) groups is 1. The number of rotatable bonds is 4. The van der Waals surface area contributed by atoms with Crippen molar-refractivity contribution in [1.29, 1.82) is 0 Å². The molecule has 0 radical (unpaired) electrons. The van der Waals surface area contributed by atoms with Crippen molar-refractivity contribution in [2.45, 2.75) is 27.3 Å². The number of thiophene rings is 1. The number of aromatic nitrogens is 4. The van der Waals surface area contributed by atoms with Crippen LogP contribution in [0.15, 0.2) is 24.3 Å². The Morgan fingerprint density at radius 3 is 2.86 bits per heavy atom. The lowest BCUT2D eigenvalue weighted by atomic mass is 10.3. The van der Waals surface area contributed by atoms with Crippen LogP contribution >= 0.6 is 11.3 Å². The van der Waals surface area contributed by atoms with Crippen LogP contribution in [0.25, 0.3) is 10.6 Å². The van der Waals surface area contributed by atoms with Crippen LogP contribution in [0.1, 0.15) is 28.0 Å². The van der Waals surface area contributed by atoms with E-state index in [2.05, 4.69) is 33.6 Å². The molecular formula is C15H17N5OS. The Bertz CT molecular complexity index is 814. The molecule has 0 atom stereocenters. The van der Waals surface area contributed by atoms with E-state index in [1.165, 1.54) is 4.88 Å². The van der Waals surface area contributed by atoms with Crippen molar-refractivity contribution < 1.29 is 4.79 Å². The second kappa shape index (κ2) is 5.76. The lowest BCUT2D eigenvalue weighted by Gasteiger charge is -2.03. The fourth-order valence-electron chi connectivity index (χ4n) is 2.24. The Morgan fingerprint density at radius 2 is 2.18 bits per heavy atom. The maximum atomic E-state index is 12.3. The van der Waals surface area contributed by atoms with Gasteiger partial charge in [0.1, 0.15) is 5.69 Å². The van der Waals surface area contributed by atoms with E-state index in [4.69, 9.17) is 0 Å². The second-order valence-corrected chi connectivity index (χ2v) is 6.31. The summed E-state index contributed by atoms with van der Waals surface area (Å²) in [5.74, 6) is 0.301. The second-order valence-electron chi connectivity index (χ2n) is 5.02. The van der Waals surface area contributed by atoms with Gasteiger partial charge in [0.15, 0.2) is 5.82 Å². The summed E-state index contributed by atoms with van der Waals surface area (Å²) >= 11 is 1.68. The third-order valence-electron chi connectivity index (χ3n) is 3.26. The van der Waals surface area contributed by atoms with Crippen molar-refractivity contribution in [1.82, 2.24) is 20.0 Å². The third-order valence-corrected chi connectivity index (χ3v) is 4.29. The maximum Gasteiger partial charge on any atom is 0.275 e. The van der Waals surface area contributed by atoms with Crippen LogP contribution in [-0.2, 0) is 6.54 Å². The number of amides is 1. The van der Waals surface area contributed by atoms with Gasteiger partial charge in [-0.15, -0.1) is 11.3 Å². The van der Waals surface area contributed by atoms with E-state index in [1.54, 1.807) is 22.1 Å². The van der Waals surface area contributed by atoms with Gasteiger partial charge in [0.25, 0.3) is 5.91 Å². The molecule has 0 bridgehead atoms. The number of aryl methyl sites for hydroxylation is 3. The molecule has 0 aromatic carbocycles. The first-order valence-corrected chi connectivity index (χ1v) is 7.86. The zero-order valence-electron chi connectivity index (χ0n) is 12.7. The van der Waals surface area contributed by atoms with Crippen molar-refractivity contribution in [2.75, 3.05) is 5.32 Å². The summed E-state index contributed by atoms with van der Waals surface area (Å²) in [4.78, 5) is 14.7. The van der Waals surface area contributed by atoms with Crippen molar-refractivity contribution in [3.05, 3.63) is 40.5 Å². The first kappa shape index (κ1) is 14.5. The molecule has 1 amide bonds. The van der Waals surface area contributed by atoms with Crippen LogP contribution in [0.3, 0.4) is 0 Å². The standard InChI is InChI=1S/C15H17N5OS/c1-4-20-12(7-9(2)19-20)15(21)16-14-8-11(17-18-14)13-6-5-10(3)22-13/h5-8H,4H2,1-3H3,(H2,16,17,18,21). The molecule has 0 spiro atoms. The van der Waals surface area contributed by atoms with Gasteiger partial charge < -0.3 is 5.32 Å². The molecule has 0 fully saturated rings. The molecule has 3 rings (SSSR count). The van der Waals surface area contributed by atoms with E-state index in [9.17, 15) is 4.79 Å². The van der Waals surface area contributed by atoms with Crippen molar-refractivity contribution in [3.8, 4) is 10.6 Å². The smallest absolute Gasteiger partial charge is 0.275 e. The Labute approximate surface area is 132 Å². The maximum absolute atomic E-state index is 12.3. The summed E-state index contributed by atoms with van der Waals surface area (Å²) in [6.07, 6.45) is 0. The van der Waals surface area contributed by atoms with Gasteiger partial charge in [-0.25, -0.2) is 0 Å². The summed E-state index contributed by atoms with van der Waals surface area (Å²) in [7, 11) is 0. The minimum atomic E-state index is -0.206. The minimum Gasteiger partial charge on any atom is -0.304 e. The van der Waals surface area contributed by atoms with Crippen molar-refractivity contribution in [3.63, 3.8) is 0 Å². The van der Waals surface area contributed by atoms with E-state index < -0.39 is 0 Å². The molecule has 3 aromatic heterocycles. The highest BCUT2D eigenvalue weighted by molar-refractivity contribution is 7.15. The molecular weight excluding hydrogens is 298 g/mol. The average molecular weight is 315 g/mol. The van der Waals surface area contributed by atoms with Gasteiger partial charge in [0, 0.05) is 17.5 Å². The summed E-state index contributed by atoms with van der Waals surface area (Å²) < 4.78 is 1.68. The molecule has 6 nitrogen and oxygen atoms in total. The Hall–Kier alpha value is -2.41. The molecule has 3 aromatic rings. The molecule has 114 valence electrons. The molecule has 22 heavy (non-hydrogen) atoms. The summed E-state index contributed by atoms with van der Waals surface area (Å²) in [6, 6.07) is 7.70. The van der Waals surface area contributed by atoms with E-state index in [0.29, 0.717) is 18.1 Å². The highest BCUT2D eigenvalue weighted by atomic mass is 32.1. The van der Waals surface area contributed by atoms with Crippen LogP contribution in [-0.4, -0.2) is 25.9 Å². The van der Waals surface area contributed by atoms with Gasteiger partial charge >= 0.3 is 0 Å². The fourth-order valence-corrected chi connectivity index (χ4v) is 3.07. The zero-order chi connectivity index (χ0) is 15.7. The van der Waals surface area contributed by atoms with E-state index in [-0.39, 0.29) is 5.91 Å². The van der Waals surface area contributed by atoms with E-state index in [1.807, 2.05) is 26.0 Å². The van der Waals surface area contributed by atoms with Crippen LogP contribution in [0.2, 0.25) is 0 Å². The van der Waals surface area contributed by atoms with E-state index in [0.717, 1.165) is 16.3 Å². The molecule has 0 saturated carbocycles. The predicted molar refractivity (Wildman–Crippen MR) is 87.2 cm³/mol. The van der Waals surface area contributed by atoms with Gasteiger partial charge in [-0.2, -0.15) is 10.2 Å². The molecule has 0 unspecified atom stereocenters. The summed E-state index contributed by atoms with van der Waals surface area (Å²) in [5.41, 5.74) is 2.26. The van der Waals surface area contributed by atoms with Crippen LogP contribution < -0.4 is 5.32 Å². The number of aromatic amines is 1. The normalized spacial score (nSPS) is 10.9. The highest BCUT2D eigenvalue weighted by Crippen LogP contribution is 2.27. The minimum absolute atomic E-state index is 0.206. The number of nitrogens with zero attached hydrogens (tertiary/aromatic N) is 3. The zero-order valence-corrected chi connectivity index (χ0v) is 13.5. The predicted octanol–water partition coefficient (Wildman–Crippen LogP) is 3.22. The quantitative estimate of drug-likeness (QED) is 0.776. The largest absolute Gasteiger partial charge is 0.304 e. The average Bonchev–Trinajstić information content (AvgIpc) is 3.18. The molecule has 7 heteroatoms. The lowest BCUT2D eigenvalue weighted by molar-refractivity contribution is 0.101. The Balaban J connectivity index is 1.78. The lowest BCUT2D eigenvalue weighted by Crippen LogP contribution is -2.17. The summed E-state index contributed by atoms with van der Waals surface area (Å²) in [6.45, 7) is 6.53. The van der Waals surface area contributed by atoms with Crippen LogP contribution in [0.5, 0.6) is 0 Å². The third kappa shape index (κ3) is 2.80. The Morgan fingerprint density at radius 1 is 1.36 bits per heavy atom. The van der Waals surface area contributed by atoms with Crippen molar-refractivity contribution in [2.24, 2.45) is 0 Å². The van der Waals surface area contributed by atoms with Gasteiger partial charge in [-0.3, -0.25) is 14.6 Å². The highest BCUT2D eigenvalue weighted by Gasteiger charge is 2.15. The molecule has 0 aliphatic rings. The number of nitrogens with one attached hydrogen (secondary N) is 2. The summed E-state index contributed by atoms with van der Waals surface area (Å²) in [5, 5.41) is 14.2. The van der Waals surface area contributed by atoms with Crippen molar-refractivity contribution >= 4 is 23.1 Å². The van der Waals surface area contributed by atoms with Crippen LogP contribution in [0, 0.1) is 13.8 Å². The number of carbonyl (C=O) groups excluding carboxylic acids is 1. The van der Waals surface area contributed by atoms with Gasteiger partial charge in [-0.1, -0.05) is 0 Å². The number of H-pyrrole nitrogens is 1. The molecule has 0 aliphatic heterocycles. The van der Waals surface area contributed by atoms with E-state index >= 15 is 0 Å². The van der Waals surface area contributed by atoms with Crippen LogP contribution in [0.4, 0.5) is 5.82 Å². The molecule has 0 saturated heterocycles. The number of hydrogen-bond acceptors (Lipinski definition) is 4. The topological polar surface area (TPSA) is 75.6 Å². The number of anilines is 1. The molecule has 2 N–H and O–H groups in total.